The van der Waals surface area contributed by atoms with Crippen molar-refractivity contribution in [2.45, 2.75) is 0 Å². The number of carboxylic acid groups (broad SMARTS) is 16. The summed E-state index contributed by atoms with van der Waals surface area (Å²) in [6.07, 6.45) is -14.7. The fourth-order valence-electron chi connectivity index (χ4n) is 0. The molecule has 0 fully saturated rings. The largest absolute Gasteiger partial charge is 1.00 e. The SMILES string of the molecule is O=C(O)O.O=C(O)O.O=C(O)O.O=C(O)O.O=C(O)O.O=C(O)O.O=C(O)O.O=C(O)O.[H-].[Na+]. The molecule has 0 aromatic heterocycles. The summed E-state index contributed by atoms with van der Waals surface area (Å²) in [4.78, 5) is 68.4. The molecule has 0 bridgehead atoms. The van der Waals surface area contributed by atoms with E-state index < -0.39 is 49.2 Å². The van der Waals surface area contributed by atoms with Crippen molar-refractivity contribution in [3.63, 3.8) is 0 Å². The molecule has 0 aliphatic heterocycles. The van der Waals surface area contributed by atoms with Crippen molar-refractivity contribution in [1.82, 2.24) is 0 Å². The molecule has 0 aliphatic rings. The molecule has 25 heteroatoms. The van der Waals surface area contributed by atoms with Crippen LogP contribution in [0.4, 0.5) is 38.4 Å². The van der Waals surface area contributed by atoms with Gasteiger partial charge in [0, 0.05) is 0 Å². The zero-order chi connectivity index (χ0) is 28.6. The Morgan fingerprint density at radius 1 is 0.242 bits per heavy atom. The van der Waals surface area contributed by atoms with E-state index in [1.165, 1.54) is 0 Å². The molecule has 0 radical (unpaired) electrons. The van der Waals surface area contributed by atoms with Gasteiger partial charge in [-0.05, 0) is 0 Å². The number of hydrogen-bond donors (Lipinski definition) is 16. The first-order valence-electron chi connectivity index (χ1n) is 5.21. The zero-order valence-electron chi connectivity index (χ0n) is 16.4. The molecule has 24 nitrogen and oxygen atoms in total. The minimum Gasteiger partial charge on any atom is -1.00 e. The van der Waals surface area contributed by atoms with Crippen molar-refractivity contribution in [2.24, 2.45) is 0 Å². The zero-order valence-corrected chi connectivity index (χ0v) is 17.4. The Balaban J connectivity index is -0.0000000240. The van der Waals surface area contributed by atoms with Crippen LogP contribution in [-0.4, -0.2) is 131 Å². The molecule has 16 N–H and O–H groups in total. The van der Waals surface area contributed by atoms with Gasteiger partial charge in [0.05, 0.1) is 0 Å². The smallest absolute Gasteiger partial charge is 1.00 e. The van der Waals surface area contributed by atoms with E-state index in [1.54, 1.807) is 0 Å². The third-order valence-corrected chi connectivity index (χ3v) is 0. The average molecular weight is 520 g/mol. The van der Waals surface area contributed by atoms with Gasteiger partial charge >= 0.3 is 78.8 Å². The Kier molecular flexibility index (Phi) is 86.8. The van der Waals surface area contributed by atoms with Crippen LogP contribution in [-0.2, 0) is 0 Å². The van der Waals surface area contributed by atoms with E-state index in [0.29, 0.717) is 0 Å². The predicted molar refractivity (Wildman–Crippen MR) is 86.3 cm³/mol. The topological polar surface area (TPSA) is 460 Å². The predicted octanol–water partition coefficient (Wildman–Crippen LogP) is -1.10. The molecule has 0 amide bonds. The maximum Gasteiger partial charge on any atom is 1.00 e. The Hall–Kier alpha value is -4.84. The summed E-state index contributed by atoms with van der Waals surface area (Å²) in [6, 6.07) is 0. The van der Waals surface area contributed by atoms with Crippen LogP contribution in [0.25, 0.3) is 0 Å². The van der Waals surface area contributed by atoms with E-state index in [1.807, 2.05) is 0 Å². The Morgan fingerprint density at radius 2 is 0.242 bits per heavy atom. The summed E-state index contributed by atoms with van der Waals surface area (Å²) in [6.45, 7) is 0. The van der Waals surface area contributed by atoms with Crippen molar-refractivity contribution in [3.8, 4) is 0 Å². The van der Waals surface area contributed by atoms with E-state index in [0.717, 1.165) is 0 Å². The second-order valence-electron chi connectivity index (χ2n) is 2.26. The standard InChI is InChI=1S/8CH2O3.Na.H/c8*2-1(3)4;;/h8*(H2,2,3,4);;/q;;;;;;;;+1;-1. The monoisotopic (exact) mass is 520 g/mol. The van der Waals surface area contributed by atoms with Gasteiger partial charge in [0.2, 0.25) is 0 Å². The van der Waals surface area contributed by atoms with Crippen LogP contribution in [0.3, 0.4) is 0 Å². The van der Waals surface area contributed by atoms with Crippen LogP contribution in [0.15, 0.2) is 0 Å². The maximum absolute atomic E-state index is 8.56. The average Bonchev–Trinajstić information content (AvgIpc) is 2.30. The van der Waals surface area contributed by atoms with E-state index in [4.69, 9.17) is 120 Å². The van der Waals surface area contributed by atoms with E-state index in [9.17, 15) is 0 Å². The maximum atomic E-state index is 8.56. The minimum absolute atomic E-state index is 0. The van der Waals surface area contributed by atoms with Crippen molar-refractivity contribution in [3.05, 3.63) is 0 Å². The van der Waals surface area contributed by atoms with E-state index in [2.05, 4.69) is 0 Å². The van der Waals surface area contributed by atoms with Gasteiger partial charge in [-0.25, -0.2) is 38.4 Å². The molecular formula is C8H17NaO24. The van der Waals surface area contributed by atoms with E-state index >= 15 is 0 Å². The number of rotatable bonds is 0. The van der Waals surface area contributed by atoms with Gasteiger partial charge in [-0.15, -0.1) is 0 Å². The fraction of sp³-hybridized carbons (Fsp3) is 0. The summed E-state index contributed by atoms with van der Waals surface area (Å²) in [5.74, 6) is 0. The van der Waals surface area contributed by atoms with Gasteiger partial charge < -0.3 is 83.1 Å². The van der Waals surface area contributed by atoms with Crippen LogP contribution >= 0.6 is 0 Å². The third kappa shape index (κ3) is 734. The van der Waals surface area contributed by atoms with Gasteiger partial charge in [0.1, 0.15) is 0 Å². The second-order valence-corrected chi connectivity index (χ2v) is 2.26. The Labute approximate surface area is 200 Å². The van der Waals surface area contributed by atoms with E-state index in [-0.39, 0.29) is 31.0 Å². The van der Waals surface area contributed by atoms with Crippen molar-refractivity contribution >= 4 is 49.2 Å². The van der Waals surface area contributed by atoms with Crippen molar-refractivity contribution in [2.75, 3.05) is 0 Å². The molecule has 0 unspecified atom stereocenters. The van der Waals surface area contributed by atoms with Crippen LogP contribution in [0.1, 0.15) is 1.43 Å². The van der Waals surface area contributed by atoms with Crippen LogP contribution in [0, 0.1) is 0 Å². The number of hydrogen-bond acceptors (Lipinski definition) is 8. The van der Waals surface area contributed by atoms with Crippen LogP contribution in [0.2, 0.25) is 0 Å². The molecule has 194 valence electrons. The normalized spacial score (nSPS) is 5.82. The van der Waals surface area contributed by atoms with Gasteiger partial charge in [0.25, 0.3) is 0 Å². The van der Waals surface area contributed by atoms with Gasteiger partial charge in [-0.2, -0.15) is 0 Å². The molecule has 0 rings (SSSR count). The molecule has 0 aromatic rings. The minimum atomic E-state index is -1.83. The summed E-state index contributed by atoms with van der Waals surface area (Å²) in [5.41, 5.74) is 0. The van der Waals surface area contributed by atoms with Crippen LogP contribution < -0.4 is 29.6 Å². The van der Waals surface area contributed by atoms with Crippen molar-refractivity contribution < 1.29 is 151 Å². The quantitative estimate of drug-likeness (QED) is 0.168. The molecular weight excluding hydrogens is 503 g/mol. The molecule has 0 aromatic carbocycles. The van der Waals surface area contributed by atoms with Crippen molar-refractivity contribution in [1.29, 1.82) is 0 Å². The van der Waals surface area contributed by atoms with Gasteiger partial charge in [0.15, 0.2) is 0 Å². The number of carbonyl (C=O) groups is 8. The Bertz CT molecular complexity index is 367. The first-order chi connectivity index (χ1) is 13.9. The van der Waals surface area contributed by atoms with Crippen LogP contribution in [0.5, 0.6) is 0 Å². The first kappa shape index (κ1) is 56.6. The fourth-order valence-corrected chi connectivity index (χ4v) is 0. The molecule has 0 heterocycles. The summed E-state index contributed by atoms with van der Waals surface area (Å²) >= 11 is 0. The molecule has 0 saturated heterocycles. The molecule has 0 aliphatic carbocycles. The summed E-state index contributed by atoms with van der Waals surface area (Å²) in [7, 11) is 0. The van der Waals surface area contributed by atoms with Gasteiger partial charge in [-0.3, -0.25) is 0 Å². The van der Waals surface area contributed by atoms with Gasteiger partial charge in [-0.1, -0.05) is 0 Å². The molecule has 0 saturated carbocycles. The third-order valence-electron chi connectivity index (χ3n) is 0. The summed E-state index contributed by atoms with van der Waals surface area (Å²) in [5, 5.41) is 112. The summed E-state index contributed by atoms with van der Waals surface area (Å²) < 4.78 is 0. The molecule has 33 heavy (non-hydrogen) atoms. The second kappa shape index (κ2) is 50.6. The Morgan fingerprint density at radius 3 is 0.242 bits per heavy atom. The first-order valence-corrected chi connectivity index (χ1v) is 5.21. The molecule has 0 atom stereocenters. The molecule has 0 spiro atoms.